The molecule has 1 unspecified atom stereocenters. The molecule has 1 atom stereocenters. The predicted octanol–water partition coefficient (Wildman–Crippen LogP) is 1.22. The van der Waals surface area contributed by atoms with Crippen molar-refractivity contribution in [3.05, 3.63) is 35.6 Å². The van der Waals surface area contributed by atoms with Gasteiger partial charge >= 0.3 is 0 Å². The summed E-state index contributed by atoms with van der Waals surface area (Å²) >= 11 is 0. The SMILES string of the molecule is CC(C(=O)N(C)C)S(=O)(=O)Cc1cccc(F)c1. The van der Waals surface area contributed by atoms with Crippen LogP contribution in [0.25, 0.3) is 0 Å². The largest absolute Gasteiger partial charge is 0.348 e. The molecule has 1 amide bonds. The first-order valence-electron chi connectivity index (χ1n) is 5.41. The molecular formula is C12H16FNO3S. The van der Waals surface area contributed by atoms with Gasteiger partial charge < -0.3 is 4.90 Å². The number of sulfone groups is 1. The van der Waals surface area contributed by atoms with Crippen molar-refractivity contribution in [3.63, 3.8) is 0 Å². The lowest BCUT2D eigenvalue weighted by Gasteiger charge is -2.17. The van der Waals surface area contributed by atoms with Gasteiger partial charge in [0.1, 0.15) is 11.1 Å². The number of carbonyl (C=O) groups excluding carboxylic acids is 1. The minimum Gasteiger partial charge on any atom is -0.348 e. The molecule has 0 heterocycles. The molecule has 6 heteroatoms. The first kappa shape index (κ1) is 14.6. The highest BCUT2D eigenvalue weighted by Crippen LogP contribution is 2.13. The fourth-order valence-electron chi connectivity index (χ4n) is 1.50. The molecule has 0 aliphatic heterocycles. The summed E-state index contributed by atoms with van der Waals surface area (Å²) in [6.07, 6.45) is 0. The Balaban J connectivity index is 2.92. The standard InChI is InChI=1S/C12H16FNO3S/c1-9(12(15)14(2)3)18(16,17)8-10-5-4-6-11(13)7-10/h4-7,9H,8H2,1-3H3. The zero-order chi connectivity index (χ0) is 13.9. The van der Waals surface area contributed by atoms with Crippen molar-refractivity contribution in [2.45, 2.75) is 17.9 Å². The van der Waals surface area contributed by atoms with E-state index in [4.69, 9.17) is 0 Å². The van der Waals surface area contributed by atoms with Crippen molar-refractivity contribution in [2.24, 2.45) is 0 Å². The Morgan fingerprint density at radius 3 is 2.50 bits per heavy atom. The topological polar surface area (TPSA) is 54.5 Å². The molecule has 0 N–H and O–H groups in total. The third-order valence-electron chi connectivity index (χ3n) is 2.58. The van der Waals surface area contributed by atoms with Gasteiger partial charge in [-0.2, -0.15) is 0 Å². The molecule has 0 fully saturated rings. The first-order valence-corrected chi connectivity index (χ1v) is 7.13. The van der Waals surface area contributed by atoms with Crippen LogP contribution in [0.2, 0.25) is 0 Å². The molecule has 0 saturated heterocycles. The Bertz CT molecular complexity index is 540. The summed E-state index contributed by atoms with van der Waals surface area (Å²) in [7, 11) is -0.639. The maximum Gasteiger partial charge on any atom is 0.240 e. The molecule has 1 rings (SSSR count). The first-order chi connectivity index (χ1) is 8.24. The van der Waals surface area contributed by atoms with Crippen LogP contribution in [-0.2, 0) is 20.4 Å². The summed E-state index contributed by atoms with van der Waals surface area (Å²) in [6.45, 7) is 1.34. The quantitative estimate of drug-likeness (QED) is 0.828. The third kappa shape index (κ3) is 3.53. The number of nitrogens with zero attached hydrogens (tertiary/aromatic N) is 1. The Labute approximate surface area is 106 Å². The van der Waals surface area contributed by atoms with Gasteiger partial charge in [0.15, 0.2) is 9.84 Å². The lowest BCUT2D eigenvalue weighted by Crippen LogP contribution is -2.37. The highest BCUT2D eigenvalue weighted by atomic mass is 32.2. The third-order valence-corrected chi connectivity index (χ3v) is 4.60. The Kier molecular flexibility index (Phi) is 4.45. The molecule has 0 aromatic heterocycles. The van der Waals surface area contributed by atoms with Gasteiger partial charge in [0.2, 0.25) is 5.91 Å². The summed E-state index contributed by atoms with van der Waals surface area (Å²) in [4.78, 5) is 12.8. The Morgan fingerprint density at radius 2 is 2.00 bits per heavy atom. The van der Waals surface area contributed by atoms with Crippen LogP contribution >= 0.6 is 0 Å². The van der Waals surface area contributed by atoms with Gasteiger partial charge in [-0.3, -0.25) is 4.79 Å². The van der Waals surface area contributed by atoms with Crippen LogP contribution in [-0.4, -0.2) is 38.6 Å². The summed E-state index contributed by atoms with van der Waals surface area (Å²) in [5, 5.41) is -1.13. The lowest BCUT2D eigenvalue weighted by atomic mass is 10.2. The van der Waals surface area contributed by atoms with E-state index >= 15 is 0 Å². The molecule has 1 aromatic carbocycles. The van der Waals surface area contributed by atoms with Crippen LogP contribution in [0, 0.1) is 5.82 Å². The molecule has 4 nitrogen and oxygen atoms in total. The van der Waals surface area contributed by atoms with Crippen molar-refractivity contribution in [1.29, 1.82) is 0 Å². The molecule has 0 saturated carbocycles. The highest BCUT2D eigenvalue weighted by Gasteiger charge is 2.29. The summed E-state index contributed by atoms with van der Waals surface area (Å²) in [5.41, 5.74) is 0.341. The van der Waals surface area contributed by atoms with Gasteiger partial charge in [0, 0.05) is 14.1 Å². The van der Waals surface area contributed by atoms with Crippen molar-refractivity contribution < 1.29 is 17.6 Å². The van der Waals surface area contributed by atoms with Gasteiger partial charge in [0.05, 0.1) is 5.75 Å². The zero-order valence-electron chi connectivity index (χ0n) is 10.6. The smallest absolute Gasteiger partial charge is 0.240 e. The van der Waals surface area contributed by atoms with Gasteiger partial charge in [-0.1, -0.05) is 12.1 Å². The number of benzene rings is 1. The normalized spacial score (nSPS) is 13.1. The number of amides is 1. The van der Waals surface area contributed by atoms with Crippen molar-refractivity contribution in [1.82, 2.24) is 4.90 Å². The van der Waals surface area contributed by atoms with Gasteiger partial charge in [-0.25, -0.2) is 12.8 Å². The monoisotopic (exact) mass is 273 g/mol. The maximum absolute atomic E-state index is 13.0. The second kappa shape index (κ2) is 5.48. The van der Waals surface area contributed by atoms with Crippen LogP contribution < -0.4 is 0 Å². The summed E-state index contributed by atoms with van der Waals surface area (Å²) in [5.74, 6) is -1.31. The van der Waals surface area contributed by atoms with E-state index in [9.17, 15) is 17.6 Å². The predicted molar refractivity (Wildman–Crippen MR) is 67.2 cm³/mol. The number of halogens is 1. The van der Waals surface area contributed by atoms with E-state index in [2.05, 4.69) is 0 Å². The van der Waals surface area contributed by atoms with E-state index in [1.165, 1.54) is 44.1 Å². The minimum absolute atomic E-state index is 0.341. The van der Waals surface area contributed by atoms with E-state index in [0.29, 0.717) is 5.56 Å². The van der Waals surface area contributed by atoms with Crippen molar-refractivity contribution in [2.75, 3.05) is 14.1 Å². The van der Waals surface area contributed by atoms with Crippen LogP contribution in [0.4, 0.5) is 4.39 Å². The number of hydrogen-bond acceptors (Lipinski definition) is 3. The molecule has 0 aliphatic rings. The van der Waals surface area contributed by atoms with Gasteiger partial charge in [-0.15, -0.1) is 0 Å². The van der Waals surface area contributed by atoms with E-state index in [-0.39, 0.29) is 5.75 Å². The second-order valence-electron chi connectivity index (χ2n) is 4.31. The molecule has 0 bridgehead atoms. The summed E-state index contributed by atoms with van der Waals surface area (Å²) in [6, 6.07) is 5.36. The maximum atomic E-state index is 13.0. The average molecular weight is 273 g/mol. The second-order valence-corrected chi connectivity index (χ2v) is 6.63. The molecule has 0 spiro atoms. The average Bonchev–Trinajstić information content (AvgIpc) is 2.26. The number of rotatable bonds is 4. The van der Waals surface area contributed by atoms with Crippen LogP contribution in [0.3, 0.4) is 0 Å². The summed E-state index contributed by atoms with van der Waals surface area (Å²) < 4.78 is 36.9. The van der Waals surface area contributed by atoms with E-state index < -0.39 is 26.8 Å². The molecule has 0 radical (unpaired) electrons. The van der Waals surface area contributed by atoms with Crippen molar-refractivity contribution in [3.8, 4) is 0 Å². The minimum atomic E-state index is -3.63. The van der Waals surface area contributed by atoms with E-state index in [1.54, 1.807) is 0 Å². The molecule has 18 heavy (non-hydrogen) atoms. The van der Waals surface area contributed by atoms with Crippen LogP contribution in [0.1, 0.15) is 12.5 Å². The highest BCUT2D eigenvalue weighted by molar-refractivity contribution is 7.92. The van der Waals surface area contributed by atoms with E-state index in [1.807, 2.05) is 0 Å². The fraction of sp³-hybridized carbons (Fsp3) is 0.417. The van der Waals surface area contributed by atoms with Gasteiger partial charge in [-0.05, 0) is 24.6 Å². The number of carbonyl (C=O) groups is 1. The van der Waals surface area contributed by atoms with E-state index in [0.717, 1.165) is 6.07 Å². The molecule has 1 aromatic rings. The lowest BCUT2D eigenvalue weighted by molar-refractivity contribution is -0.127. The molecule has 100 valence electrons. The fourth-order valence-corrected chi connectivity index (χ4v) is 2.91. The number of hydrogen-bond donors (Lipinski definition) is 0. The zero-order valence-corrected chi connectivity index (χ0v) is 11.4. The van der Waals surface area contributed by atoms with Crippen LogP contribution in [0.15, 0.2) is 24.3 Å². The van der Waals surface area contributed by atoms with Gasteiger partial charge in [0.25, 0.3) is 0 Å². The van der Waals surface area contributed by atoms with Crippen molar-refractivity contribution >= 4 is 15.7 Å². The molecular weight excluding hydrogens is 257 g/mol. The Hall–Kier alpha value is -1.43. The van der Waals surface area contributed by atoms with Crippen LogP contribution in [0.5, 0.6) is 0 Å². The Morgan fingerprint density at radius 1 is 1.39 bits per heavy atom. The molecule has 0 aliphatic carbocycles.